The molecule has 4 nitrogen and oxygen atoms in total. The van der Waals surface area contributed by atoms with Gasteiger partial charge in [0.1, 0.15) is 11.9 Å². The Morgan fingerprint density at radius 1 is 1.46 bits per heavy atom. The molecule has 0 saturated carbocycles. The van der Waals surface area contributed by atoms with Gasteiger partial charge < -0.3 is 4.74 Å². The summed E-state index contributed by atoms with van der Waals surface area (Å²) >= 11 is 0. The van der Waals surface area contributed by atoms with Gasteiger partial charge in [-0.05, 0) is 55.5 Å². The zero-order chi connectivity index (χ0) is 18.3. The maximum Gasteiger partial charge on any atom is 0.303 e. The lowest BCUT2D eigenvalue weighted by molar-refractivity contribution is -0.154. The van der Waals surface area contributed by atoms with E-state index in [1.165, 1.54) is 19.1 Å². The third-order valence-electron chi connectivity index (χ3n) is 5.84. The van der Waals surface area contributed by atoms with Crippen molar-refractivity contribution in [2.75, 3.05) is 13.1 Å². The van der Waals surface area contributed by atoms with Gasteiger partial charge in [-0.1, -0.05) is 6.08 Å². The second kappa shape index (κ2) is 6.80. The number of carbonyl (C=O) groups is 1. The van der Waals surface area contributed by atoms with Gasteiger partial charge in [-0.25, -0.2) is 4.39 Å². The van der Waals surface area contributed by atoms with Crippen LogP contribution in [-0.2, 0) is 9.53 Å². The van der Waals surface area contributed by atoms with Crippen LogP contribution in [0.4, 0.5) is 4.39 Å². The average molecular weight is 354 g/mol. The maximum absolute atomic E-state index is 13.9. The number of hydrogen-bond acceptors (Lipinski definition) is 4. The molecule has 5 heteroatoms. The van der Waals surface area contributed by atoms with Crippen LogP contribution in [0.3, 0.4) is 0 Å². The normalized spacial score (nSPS) is 28.7. The van der Waals surface area contributed by atoms with Gasteiger partial charge in [0.05, 0.1) is 11.6 Å². The molecule has 3 saturated heterocycles. The zero-order valence-corrected chi connectivity index (χ0v) is 14.9. The minimum absolute atomic E-state index is 0.0997. The van der Waals surface area contributed by atoms with Crippen molar-refractivity contribution < 1.29 is 13.9 Å². The number of carbonyl (C=O) groups excluding carboxylic acids is 1. The highest BCUT2D eigenvalue weighted by molar-refractivity contribution is 5.83. The van der Waals surface area contributed by atoms with Gasteiger partial charge in [-0.3, -0.25) is 14.7 Å². The minimum Gasteiger partial charge on any atom is -0.456 e. The van der Waals surface area contributed by atoms with Crippen molar-refractivity contribution in [3.63, 3.8) is 0 Å². The Hall–Kier alpha value is -2.27. The summed E-state index contributed by atoms with van der Waals surface area (Å²) in [5, 5.41) is 0.710. The highest BCUT2D eigenvalue weighted by Crippen LogP contribution is 2.43. The van der Waals surface area contributed by atoms with Crippen molar-refractivity contribution in [3.05, 3.63) is 54.5 Å². The topological polar surface area (TPSA) is 42.4 Å². The monoisotopic (exact) mass is 354 g/mol. The number of halogens is 1. The van der Waals surface area contributed by atoms with Gasteiger partial charge in [0.15, 0.2) is 0 Å². The molecular weight excluding hydrogens is 331 g/mol. The quantitative estimate of drug-likeness (QED) is 0.617. The van der Waals surface area contributed by atoms with E-state index < -0.39 is 6.10 Å². The highest BCUT2D eigenvalue weighted by atomic mass is 19.1. The van der Waals surface area contributed by atoms with E-state index in [0.717, 1.165) is 31.5 Å². The number of aromatic nitrogens is 1. The molecule has 0 aliphatic carbocycles. The highest BCUT2D eigenvalue weighted by Gasteiger charge is 2.44. The molecule has 3 fully saturated rings. The van der Waals surface area contributed by atoms with Crippen LogP contribution >= 0.6 is 0 Å². The van der Waals surface area contributed by atoms with Crippen LogP contribution in [0.1, 0.15) is 31.4 Å². The van der Waals surface area contributed by atoms with Gasteiger partial charge >= 0.3 is 5.97 Å². The van der Waals surface area contributed by atoms with Crippen LogP contribution in [0.5, 0.6) is 0 Å². The van der Waals surface area contributed by atoms with Crippen LogP contribution in [-0.4, -0.2) is 35.0 Å². The summed E-state index contributed by atoms with van der Waals surface area (Å²) in [6, 6.07) is 6.50. The molecular formula is C21H23FN2O2. The Morgan fingerprint density at radius 3 is 3.00 bits per heavy atom. The predicted octanol–water partition coefficient (Wildman–Crippen LogP) is 3.87. The third-order valence-corrected chi connectivity index (χ3v) is 5.84. The average Bonchev–Trinajstić information content (AvgIpc) is 2.65. The molecule has 2 unspecified atom stereocenters. The number of esters is 1. The van der Waals surface area contributed by atoms with E-state index in [4.69, 9.17) is 4.74 Å². The number of hydrogen-bond donors (Lipinski definition) is 0. The summed E-state index contributed by atoms with van der Waals surface area (Å²) in [6.07, 6.45) is 5.42. The summed E-state index contributed by atoms with van der Waals surface area (Å²) in [5.74, 6) is 0.416. The van der Waals surface area contributed by atoms with Crippen LogP contribution in [0, 0.1) is 17.7 Å². The van der Waals surface area contributed by atoms with Crippen LogP contribution in [0.15, 0.2) is 43.1 Å². The van der Waals surface area contributed by atoms with E-state index in [-0.39, 0.29) is 17.8 Å². The lowest BCUT2D eigenvalue weighted by Gasteiger charge is -2.51. The molecule has 0 spiro atoms. The standard InChI is InChI=1S/C21H23FN2O2/c1-3-14-12-24-9-7-15(14)10-20(24)21(26-13(2)25)17-6-8-23-19-5-4-16(22)11-18(17)19/h3-6,8,11,14-15,20-21H,1,7,9-10,12H2,2H3/t14-,15-,20-,21?/m0/s1. The van der Waals surface area contributed by atoms with E-state index in [1.807, 2.05) is 12.1 Å². The molecule has 1 aromatic carbocycles. The van der Waals surface area contributed by atoms with Gasteiger partial charge in [0.2, 0.25) is 0 Å². The number of ether oxygens (including phenoxy) is 1. The number of piperidine rings is 3. The molecule has 3 aliphatic rings. The molecule has 0 N–H and O–H groups in total. The third kappa shape index (κ3) is 3.01. The fraction of sp³-hybridized carbons (Fsp3) is 0.429. The molecule has 2 bridgehead atoms. The molecule has 26 heavy (non-hydrogen) atoms. The van der Waals surface area contributed by atoms with Crippen molar-refractivity contribution >= 4 is 16.9 Å². The Balaban J connectivity index is 1.76. The second-order valence-electron chi connectivity index (χ2n) is 7.34. The molecule has 5 atom stereocenters. The molecule has 0 radical (unpaired) electrons. The number of nitrogens with zero attached hydrogens (tertiary/aromatic N) is 2. The number of benzene rings is 1. The summed E-state index contributed by atoms with van der Waals surface area (Å²) in [6.45, 7) is 7.33. The number of fused-ring (bicyclic) bond motifs is 4. The van der Waals surface area contributed by atoms with E-state index in [2.05, 4.69) is 16.5 Å². The summed E-state index contributed by atoms with van der Waals surface area (Å²) in [4.78, 5) is 18.6. The lowest BCUT2D eigenvalue weighted by atomic mass is 9.73. The molecule has 5 rings (SSSR count). The largest absolute Gasteiger partial charge is 0.456 e. The van der Waals surface area contributed by atoms with Crippen molar-refractivity contribution in [1.82, 2.24) is 9.88 Å². The SMILES string of the molecule is C=C[C@H]1CN2CC[C@H]1C[C@H]2C(OC(C)=O)c1ccnc2ccc(F)cc12. The summed E-state index contributed by atoms with van der Waals surface area (Å²) < 4.78 is 19.7. The first kappa shape index (κ1) is 17.2. The summed E-state index contributed by atoms with van der Waals surface area (Å²) in [7, 11) is 0. The predicted molar refractivity (Wildman–Crippen MR) is 98.0 cm³/mol. The Kier molecular flexibility index (Phi) is 4.49. The van der Waals surface area contributed by atoms with Crippen molar-refractivity contribution in [1.29, 1.82) is 0 Å². The fourth-order valence-corrected chi connectivity index (χ4v) is 4.61. The Bertz CT molecular complexity index is 853. The van der Waals surface area contributed by atoms with Crippen LogP contribution < -0.4 is 0 Å². The summed E-state index contributed by atoms with van der Waals surface area (Å²) in [5.41, 5.74) is 1.54. The first-order valence-electron chi connectivity index (χ1n) is 9.15. The van der Waals surface area contributed by atoms with Gasteiger partial charge in [-0.2, -0.15) is 0 Å². The molecule has 1 aromatic heterocycles. The first-order chi connectivity index (χ1) is 12.6. The van der Waals surface area contributed by atoms with Crippen molar-refractivity contribution in [3.8, 4) is 0 Å². The minimum atomic E-state index is -0.423. The molecule has 0 amide bonds. The van der Waals surface area contributed by atoms with E-state index >= 15 is 0 Å². The smallest absolute Gasteiger partial charge is 0.303 e. The number of rotatable bonds is 4. The molecule has 4 heterocycles. The van der Waals surface area contributed by atoms with Crippen molar-refractivity contribution in [2.45, 2.75) is 31.9 Å². The van der Waals surface area contributed by atoms with Crippen LogP contribution in [0.2, 0.25) is 0 Å². The molecule has 136 valence electrons. The Morgan fingerprint density at radius 2 is 2.31 bits per heavy atom. The van der Waals surface area contributed by atoms with E-state index in [9.17, 15) is 9.18 Å². The molecule has 2 aromatic rings. The van der Waals surface area contributed by atoms with Gasteiger partial charge in [0.25, 0.3) is 0 Å². The number of pyridine rings is 1. The van der Waals surface area contributed by atoms with Crippen LogP contribution in [0.25, 0.3) is 10.9 Å². The van der Waals surface area contributed by atoms with Gasteiger partial charge in [-0.15, -0.1) is 6.58 Å². The zero-order valence-electron chi connectivity index (χ0n) is 14.9. The molecule has 3 aliphatic heterocycles. The Labute approximate surface area is 152 Å². The maximum atomic E-state index is 13.9. The van der Waals surface area contributed by atoms with E-state index in [1.54, 1.807) is 12.3 Å². The lowest BCUT2D eigenvalue weighted by Crippen LogP contribution is -2.55. The van der Waals surface area contributed by atoms with Gasteiger partial charge in [0, 0.05) is 30.6 Å². The van der Waals surface area contributed by atoms with Crippen molar-refractivity contribution in [2.24, 2.45) is 11.8 Å². The fourth-order valence-electron chi connectivity index (χ4n) is 4.61. The first-order valence-corrected chi connectivity index (χ1v) is 9.15. The van der Waals surface area contributed by atoms with E-state index in [0.29, 0.717) is 22.7 Å². The second-order valence-corrected chi connectivity index (χ2v) is 7.34.